The van der Waals surface area contributed by atoms with Crippen molar-refractivity contribution >= 4 is 17.2 Å². The average Bonchev–Trinajstić information content (AvgIpc) is 2.93. The standard InChI is InChI=1S/C14H14N4S/c1-9-14(19-10(2)16-9)12-8-13(15)18(17-12)11-6-4-3-5-7-11/h3-8H,15H2,1-2H3. The molecule has 0 bridgehead atoms. The van der Waals surface area contributed by atoms with Gasteiger partial charge >= 0.3 is 0 Å². The highest BCUT2D eigenvalue weighted by atomic mass is 32.1. The number of aromatic nitrogens is 3. The maximum absolute atomic E-state index is 6.05. The highest BCUT2D eigenvalue weighted by molar-refractivity contribution is 7.15. The number of rotatable bonds is 2. The number of anilines is 1. The van der Waals surface area contributed by atoms with E-state index < -0.39 is 0 Å². The molecule has 2 aromatic heterocycles. The predicted octanol–water partition coefficient (Wildman–Crippen LogP) is 3.19. The maximum Gasteiger partial charge on any atom is 0.127 e. The van der Waals surface area contributed by atoms with Crippen molar-refractivity contribution in [3.63, 3.8) is 0 Å². The van der Waals surface area contributed by atoms with Crippen LogP contribution in [-0.2, 0) is 0 Å². The molecule has 0 unspecified atom stereocenters. The Morgan fingerprint density at radius 3 is 2.53 bits per heavy atom. The van der Waals surface area contributed by atoms with Crippen molar-refractivity contribution in [1.82, 2.24) is 14.8 Å². The summed E-state index contributed by atoms with van der Waals surface area (Å²) in [7, 11) is 0. The van der Waals surface area contributed by atoms with Crippen molar-refractivity contribution < 1.29 is 0 Å². The molecular formula is C14H14N4S. The van der Waals surface area contributed by atoms with Gasteiger partial charge in [-0.05, 0) is 26.0 Å². The number of aryl methyl sites for hydroxylation is 2. The van der Waals surface area contributed by atoms with Gasteiger partial charge in [-0.25, -0.2) is 9.67 Å². The number of hydrogen-bond donors (Lipinski definition) is 1. The van der Waals surface area contributed by atoms with E-state index in [1.54, 1.807) is 16.0 Å². The summed E-state index contributed by atoms with van der Waals surface area (Å²) < 4.78 is 1.75. The number of thiazole rings is 1. The maximum atomic E-state index is 6.05. The van der Waals surface area contributed by atoms with Crippen LogP contribution in [0.15, 0.2) is 36.4 Å². The molecule has 0 aliphatic heterocycles. The normalized spacial score (nSPS) is 10.8. The van der Waals surface area contributed by atoms with Crippen molar-refractivity contribution in [3.8, 4) is 16.3 Å². The predicted molar refractivity (Wildman–Crippen MR) is 78.6 cm³/mol. The Morgan fingerprint density at radius 1 is 1.16 bits per heavy atom. The van der Waals surface area contributed by atoms with Crippen LogP contribution in [0.4, 0.5) is 5.82 Å². The van der Waals surface area contributed by atoms with Gasteiger partial charge in [0.25, 0.3) is 0 Å². The SMILES string of the molecule is Cc1nc(C)c(-c2cc(N)n(-c3ccccc3)n2)s1. The molecule has 0 aliphatic carbocycles. The molecule has 0 amide bonds. The zero-order chi connectivity index (χ0) is 13.4. The Hall–Kier alpha value is -2.14. The first-order valence-corrected chi connectivity index (χ1v) is 6.82. The van der Waals surface area contributed by atoms with Crippen LogP contribution in [0.1, 0.15) is 10.7 Å². The summed E-state index contributed by atoms with van der Waals surface area (Å²) in [6.07, 6.45) is 0. The van der Waals surface area contributed by atoms with E-state index in [1.165, 1.54) is 0 Å². The van der Waals surface area contributed by atoms with Crippen LogP contribution < -0.4 is 5.73 Å². The van der Waals surface area contributed by atoms with Gasteiger partial charge in [-0.1, -0.05) is 18.2 Å². The van der Waals surface area contributed by atoms with E-state index >= 15 is 0 Å². The number of hydrogen-bond acceptors (Lipinski definition) is 4. The van der Waals surface area contributed by atoms with Gasteiger partial charge in [-0.3, -0.25) is 0 Å². The molecule has 0 saturated carbocycles. The van der Waals surface area contributed by atoms with E-state index in [0.717, 1.165) is 27.0 Å². The number of nitrogens with two attached hydrogens (primary N) is 1. The van der Waals surface area contributed by atoms with E-state index in [1.807, 2.05) is 50.2 Å². The summed E-state index contributed by atoms with van der Waals surface area (Å²) in [6.45, 7) is 4.00. The quantitative estimate of drug-likeness (QED) is 0.778. The van der Waals surface area contributed by atoms with Crippen molar-refractivity contribution in [2.24, 2.45) is 0 Å². The molecule has 3 rings (SSSR count). The summed E-state index contributed by atoms with van der Waals surface area (Å²) in [5, 5.41) is 5.63. The Morgan fingerprint density at radius 2 is 1.89 bits per heavy atom. The second kappa shape index (κ2) is 4.51. The van der Waals surface area contributed by atoms with Crippen molar-refractivity contribution in [3.05, 3.63) is 47.1 Å². The van der Waals surface area contributed by atoms with Crippen molar-refractivity contribution in [2.75, 3.05) is 5.73 Å². The second-order valence-electron chi connectivity index (χ2n) is 4.35. The Balaban J connectivity index is 2.10. The third-order valence-corrected chi connectivity index (χ3v) is 3.97. The molecule has 2 heterocycles. The summed E-state index contributed by atoms with van der Waals surface area (Å²) in [6, 6.07) is 11.8. The molecule has 4 nitrogen and oxygen atoms in total. The number of benzene rings is 1. The molecule has 3 aromatic rings. The molecule has 0 aliphatic rings. The summed E-state index contributed by atoms with van der Waals surface area (Å²) in [5.41, 5.74) is 8.89. The number of nitrogens with zero attached hydrogens (tertiary/aromatic N) is 3. The van der Waals surface area contributed by atoms with Crippen LogP contribution in [0.2, 0.25) is 0 Å². The Labute approximate surface area is 115 Å². The van der Waals surface area contributed by atoms with E-state index in [-0.39, 0.29) is 0 Å². The topological polar surface area (TPSA) is 56.7 Å². The molecule has 2 N–H and O–H groups in total. The molecule has 96 valence electrons. The van der Waals surface area contributed by atoms with Gasteiger partial charge in [0, 0.05) is 6.07 Å². The summed E-state index contributed by atoms with van der Waals surface area (Å²) in [4.78, 5) is 5.51. The fraction of sp³-hybridized carbons (Fsp3) is 0.143. The minimum Gasteiger partial charge on any atom is -0.384 e. The van der Waals surface area contributed by atoms with Gasteiger partial charge in [0.1, 0.15) is 11.5 Å². The summed E-state index contributed by atoms with van der Waals surface area (Å²) in [5.74, 6) is 0.631. The first-order valence-electron chi connectivity index (χ1n) is 6.00. The first kappa shape index (κ1) is 11.9. The lowest BCUT2D eigenvalue weighted by atomic mass is 10.3. The van der Waals surface area contributed by atoms with E-state index in [0.29, 0.717) is 5.82 Å². The molecule has 0 radical (unpaired) electrons. The van der Waals surface area contributed by atoms with Crippen molar-refractivity contribution in [2.45, 2.75) is 13.8 Å². The second-order valence-corrected chi connectivity index (χ2v) is 5.55. The minimum absolute atomic E-state index is 0.631. The monoisotopic (exact) mass is 270 g/mol. The van der Waals surface area contributed by atoms with Crippen LogP contribution in [0.5, 0.6) is 0 Å². The highest BCUT2D eigenvalue weighted by Crippen LogP contribution is 2.30. The van der Waals surface area contributed by atoms with E-state index in [2.05, 4.69) is 10.1 Å². The van der Waals surface area contributed by atoms with Gasteiger partial charge < -0.3 is 5.73 Å². The number of nitrogen functional groups attached to an aromatic ring is 1. The molecule has 0 fully saturated rings. The zero-order valence-electron chi connectivity index (χ0n) is 10.8. The van der Waals surface area contributed by atoms with Gasteiger partial charge in [-0.15, -0.1) is 11.3 Å². The average molecular weight is 270 g/mol. The third kappa shape index (κ3) is 2.13. The Kier molecular flexibility index (Phi) is 2.83. The molecular weight excluding hydrogens is 256 g/mol. The Bertz CT molecular complexity index is 712. The largest absolute Gasteiger partial charge is 0.384 e. The first-order chi connectivity index (χ1) is 9.15. The van der Waals surface area contributed by atoms with Gasteiger partial charge in [0.2, 0.25) is 0 Å². The minimum atomic E-state index is 0.631. The fourth-order valence-electron chi connectivity index (χ4n) is 2.05. The molecule has 0 spiro atoms. The van der Waals surface area contributed by atoms with Crippen LogP contribution in [0, 0.1) is 13.8 Å². The van der Waals surface area contributed by atoms with Crippen molar-refractivity contribution in [1.29, 1.82) is 0 Å². The molecule has 1 aromatic carbocycles. The van der Waals surface area contributed by atoms with E-state index in [4.69, 9.17) is 5.73 Å². The fourth-order valence-corrected chi connectivity index (χ4v) is 2.93. The molecule has 5 heteroatoms. The molecule has 19 heavy (non-hydrogen) atoms. The molecule has 0 atom stereocenters. The summed E-state index contributed by atoms with van der Waals surface area (Å²) >= 11 is 1.64. The van der Waals surface area contributed by atoms with Crippen LogP contribution in [-0.4, -0.2) is 14.8 Å². The van der Waals surface area contributed by atoms with Gasteiger partial charge in [-0.2, -0.15) is 5.10 Å². The van der Waals surface area contributed by atoms with Crippen LogP contribution in [0.25, 0.3) is 16.3 Å². The zero-order valence-corrected chi connectivity index (χ0v) is 11.6. The van der Waals surface area contributed by atoms with Gasteiger partial charge in [0.15, 0.2) is 0 Å². The highest BCUT2D eigenvalue weighted by Gasteiger charge is 2.13. The van der Waals surface area contributed by atoms with Gasteiger partial charge in [0.05, 0.1) is 21.3 Å². The third-order valence-electron chi connectivity index (χ3n) is 2.87. The lowest BCUT2D eigenvalue weighted by Crippen LogP contribution is -2.00. The van der Waals surface area contributed by atoms with E-state index in [9.17, 15) is 0 Å². The van der Waals surface area contributed by atoms with Crippen LogP contribution >= 0.6 is 11.3 Å². The van der Waals surface area contributed by atoms with Crippen LogP contribution in [0.3, 0.4) is 0 Å². The number of para-hydroxylation sites is 1. The smallest absolute Gasteiger partial charge is 0.127 e. The lowest BCUT2D eigenvalue weighted by molar-refractivity contribution is 0.895. The molecule has 0 saturated heterocycles. The lowest BCUT2D eigenvalue weighted by Gasteiger charge is -2.02.